The SMILES string of the molecule is Cc1ccccc1C(=O)N1CCC(C(=O)N2CCCC(O)(CO)C2)CC1. The van der Waals surface area contributed by atoms with Crippen LogP contribution < -0.4 is 0 Å². The lowest BCUT2D eigenvalue weighted by molar-refractivity contribution is -0.146. The van der Waals surface area contributed by atoms with E-state index in [0.29, 0.717) is 45.3 Å². The molecule has 2 saturated heterocycles. The molecule has 0 saturated carbocycles. The molecule has 2 heterocycles. The summed E-state index contributed by atoms with van der Waals surface area (Å²) < 4.78 is 0. The molecule has 3 rings (SSSR count). The van der Waals surface area contributed by atoms with Crippen LogP contribution in [0.1, 0.15) is 41.6 Å². The number of aryl methyl sites for hydroxylation is 1. The minimum atomic E-state index is -1.17. The average molecular weight is 360 g/mol. The molecule has 26 heavy (non-hydrogen) atoms. The van der Waals surface area contributed by atoms with E-state index >= 15 is 0 Å². The van der Waals surface area contributed by atoms with Crippen molar-refractivity contribution in [2.75, 3.05) is 32.8 Å². The van der Waals surface area contributed by atoms with Gasteiger partial charge >= 0.3 is 0 Å². The van der Waals surface area contributed by atoms with Gasteiger partial charge in [0.1, 0.15) is 5.60 Å². The fourth-order valence-electron chi connectivity index (χ4n) is 4.00. The van der Waals surface area contributed by atoms with Gasteiger partial charge in [0.05, 0.1) is 13.2 Å². The highest BCUT2D eigenvalue weighted by atomic mass is 16.3. The van der Waals surface area contributed by atoms with Crippen molar-refractivity contribution >= 4 is 11.8 Å². The number of β-amino-alcohol motifs (C(OH)–C–C–N with tert-alkyl or cyclic N) is 1. The predicted molar refractivity (Wildman–Crippen MR) is 97.7 cm³/mol. The van der Waals surface area contributed by atoms with Crippen LogP contribution in [0.2, 0.25) is 0 Å². The second-order valence-corrected chi connectivity index (χ2v) is 7.63. The third-order valence-corrected chi connectivity index (χ3v) is 5.67. The standard InChI is InChI=1S/C20H28N2O4/c1-15-5-2-3-6-17(15)19(25)21-11-7-16(8-12-21)18(24)22-10-4-9-20(26,13-22)14-23/h2-3,5-6,16,23,26H,4,7-14H2,1H3. The first-order valence-corrected chi connectivity index (χ1v) is 9.40. The van der Waals surface area contributed by atoms with Gasteiger partial charge < -0.3 is 20.0 Å². The molecule has 2 N–H and O–H groups in total. The van der Waals surface area contributed by atoms with Gasteiger partial charge in [-0.05, 0) is 44.2 Å². The van der Waals surface area contributed by atoms with Gasteiger partial charge in [0.25, 0.3) is 5.91 Å². The smallest absolute Gasteiger partial charge is 0.254 e. The van der Waals surface area contributed by atoms with Crippen molar-refractivity contribution in [2.45, 2.75) is 38.2 Å². The van der Waals surface area contributed by atoms with Crippen molar-refractivity contribution in [3.05, 3.63) is 35.4 Å². The summed E-state index contributed by atoms with van der Waals surface area (Å²) in [7, 11) is 0. The molecule has 2 amide bonds. The van der Waals surface area contributed by atoms with Gasteiger partial charge in [0.2, 0.25) is 5.91 Å². The Labute approximate surface area is 154 Å². The monoisotopic (exact) mass is 360 g/mol. The van der Waals surface area contributed by atoms with Gasteiger partial charge in [-0.3, -0.25) is 9.59 Å². The Morgan fingerprint density at radius 1 is 1.15 bits per heavy atom. The van der Waals surface area contributed by atoms with Gasteiger partial charge in [0.15, 0.2) is 0 Å². The van der Waals surface area contributed by atoms with Crippen molar-refractivity contribution in [1.82, 2.24) is 9.80 Å². The minimum absolute atomic E-state index is 0.0293. The van der Waals surface area contributed by atoms with E-state index in [-0.39, 0.29) is 30.9 Å². The van der Waals surface area contributed by atoms with Gasteiger partial charge in [-0.2, -0.15) is 0 Å². The van der Waals surface area contributed by atoms with Crippen LogP contribution in [0, 0.1) is 12.8 Å². The van der Waals surface area contributed by atoms with Crippen molar-refractivity contribution in [2.24, 2.45) is 5.92 Å². The Hall–Kier alpha value is -1.92. The third-order valence-electron chi connectivity index (χ3n) is 5.67. The number of piperidine rings is 2. The van der Waals surface area contributed by atoms with Crippen LogP contribution >= 0.6 is 0 Å². The van der Waals surface area contributed by atoms with E-state index in [2.05, 4.69) is 0 Å². The molecule has 2 aliphatic heterocycles. The maximum absolute atomic E-state index is 12.8. The molecule has 0 aromatic heterocycles. The average Bonchev–Trinajstić information content (AvgIpc) is 2.67. The highest BCUT2D eigenvalue weighted by Crippen LogP contribution is 2.26. The van der Waals surface area contributed by atoms with E-state index in [1.165, 1.54) is 0 Å². The van der Waals surface area contributed by atoms with E-state index in [4.69, 9.17) is 0 Å². The van der Waals surface area contributed by atoms with Crippen LogP contribution in [-0.4, -0.2) is 70.2 Å². The first-order valence-electron chi connectivity index (χ1n) is 9.40. The van der Waals surface area contributed by atoms with E-state index < -0.39 is 5.60 Å². The second-order valence-electron chi connectivity index (χ2n) is 7.63. The first kappa shape index (κ1) is 18.9. The third kappa shape index (κ3) is 3.91. The van der Waals surface area contributed by atoms with E-state index in [1.54, 1.807) is 4.90 Å². The van der Waals surface area contributed by atoms with Crippen LogP contribution in [-0.2, 0) is 4.79 Å². The molecule has 1 atom stereocenters. The van der Waals surface area contributed by atoms with Crippen LogP contribution in [0.15, 0.2) is 24.3 Å². The Morgan fingerprint density at radius 2 is 1.85 bits per heavy atom. The summed E-state index contributed by atoms with van der Waals surface area (Å²) in [6.45, 7) is 3.58. The topological polar surface area (TPSA) is 81.1 Å². The summed E-state index contributed by atoms with van der Waals surface area (Å²) in [5.74, 6) is -0.0434. The number of carbonyl (C=O) groups is 2. The molecular weight excluding hydrogens is 332 g/mol. The van der Waals surface area contributed by atoms with Crippen molar-refractivity contribution in [1.29, 1.82) is 0 Å². The number of nitrogens with zero attached hydrogens (tertiary/aromatic N) is 2. The molecule has 1 aromatic rings. The Bertz CT molecular complexity index is 670. The highest BCUT2D eigenvalue weighted by Gasteiger charge is 2.38. The molecule has 0 radical (unpaired) electrons. The molecule has 1 aromatic carbocycles. The molecule has 2 fully saturated rings. The van der Waals surface area contributed by atoms with Gasteiger partial charge in [0, 0.05) is 31.1 Å². The van der Waals surface area contributed by atoms with Gasteiger partial charge in [-0.15, -0.1) is 0 Å². The van der Waals surface area contributed by atoms with Crippen molar-refractivity contribution in [3.63, 3.8) is 0 Å². The fraction of sp³-hybridized carbons (Fsp3) is 0.600. The molecule has 0 spiro atoms. The van der Waals surface area contributed by atoms with Gasteiger partial charge in [-0.1, -0.05) is 18.2 Å². The summed E-state index contributed by atoms with van der Waals surface area (Å²) in [6.07, 6.45) is 2.51. The molecule has 6 nitrogen and oxygen atoms in total. The number of aliphatic hydroxyl groups excluding tert-OH is 1. The number of hydrogen-bond donors (Lipinski definition) is 2. The number of benzene rings is 1. The lowest BCUT2D eigenvalue weighted by atomic mass is 9.90. The lowest BCUT2D eigenvalue weighted by Crippen LogP contribution is -2.54. The number of amides is 2. The number of hydrogen-bond acceptors (Lipinski definition) is 4. The maximum Gasteiger partial charge on any atom is 0.254 e. The van der Waals surface area contributed by atoms with Crippen molar-refractivity contribution < 1.29 is 19.8 Å². The summed E-state index contributed by atoms with van der Waals surface area (Å²) in [4.78, 5) is 29.0. The molecule has 0 aliphatic carbocycles. The highest BCUT2D eigenvalue weighted by molar-refractivity contribution is 5.95. The molecular formula is C20H28N2O4. The summed E-state index contributed by atoms with van der Waals surface area (Å²) >= 11 is 0. The summed E-state index contributed by atoms with van der Waals surface area (Å²) in [6, 6.07) is 7.57. The van der Waals surface area contributed by atoms with E-state index in [0.717, 1.165) is 11.1 Å². The lowest BCUT2D eigenvalue weighted by Gasteiger charge is -2.41. The van der Waals surface area contributed by atoms with Crippen LogP contribution in [0.25, 0.3) is 0 Å². The number of carbonyl (C=O) groups excluding carboxylic acids is 2. The van der Waals surface area contributed by atoms with Gasteiger partial charge in [-0.25, -0.2) is 0 Å². The number of aliphatic hydroxyl groups is 2. The molecule has 142 valence electrons. The van der Waals surface area contributed by atoms with Crippen LogP contribution in [0.5, 0.6) is 0 Å². The largest absolute Gasteiger partial charge is 0.393 e. The fourth-order valence-corrected chi connectivity index (χ4v) is 4.00. The normalized spacial score (nSPS) is 24.6. The zero-order valence-corrected chi connectivity index (χ0v) is 15.4. The molecule has 6 heteroatoms. The number of likely N-dealkylation sites (tertiary alicyclic amines) is 2. The molecule has 1 unspecified atom stereocenters. The Balaban J connectivity index is 1.57. The Morgan fingerprint density at radius 3 is 2.50 bits per heavy atom. The minimum Gasteiger partial charge on any atom is -0.393 e. The molecule has 0 bridgehead atoms. The maximum atomic E-state index is 12.8. The summed E-state index contributed by atoms with van der Waals surface area (Å²) in [5, 5.41) is 19.6. The quantitative estimate of drug-likeness (QED) is 0.849. The van der Waals surface area contributed by atoms with E-state index in [1.807, 2.05) is 36.1 Å². The zero-order chi connectivity index (χ0) is 18.7. The van der Waals surface area contributed by atoms with E-state index in [9.17, 15) is 19.8 Å². The second kappa shape index (κ2) is 7.76. The number of rotatable bonds is 3. The van der Waals surface area contributed by atoms with Crippen molar-refractivity contribution in [3.8, 4) is 0 Å². The molecule has 2 aliphatic rings. The summed E-state index contributed by atoms with van der Waals surface area (Å²) in [5.41, 5.74) is 0.517. The van der Waals surface area contributed by atoms with Crippen LogP contribution in [0.3, 0.4) is 0 Å². The van der Waals surface area contributed by atoms with Crippen LogP contribution in [0.4, 0.5) is 0 Å². The first-order chi connectivity index (χ1) is 12.4. The Kier molecular flexibility index (Phi) is 5.63. The zero-order valence-electron chi connectivity index (χ0n) is 15.4. The predicted octanol–water partition coefficient (Wildman–Crippen LogP) is 1.19.